The van der Waals surface area contributed by atoms with Gasteiger partial charge in [-0.25, -0.2) is 9.13 Å². The molecule has 0 fully saturated rings. The van der Waals surface area contributed by atoms with Crippen LogP contribution in [0, 0.1) is 5.92 Å². The molecule has 3 N–H and O–H groups in total. The SMILES string of the molecule is CCCCCCCCCCCCCCCCCCC(=O)O[C@H](COC(=O)CCCCCCCCC(C)CC)COP(=O)(O)OC[C@@H](O)COP(=O)(O)OC[C@@H](COC(=O)CCCCCCC)OC(=O)CCCCCCCCCCC. The zero-order chi connectivity index (χ0) is 59.2. The number of carbonyl (C=O) groups is 4. The highest BCUT2D eigenvalue weighted by molar-refractivity contribution is 7.47. The topological polar surface area (TPSA) is 237 Å². The van der Waals surface area contributed by atoms with E-state index in [1.54, 1.807) is 0 Å². The Labute approximate surface area is 486 Å². The summed E-state index contributed by atoms with van der Waals surface area (Å²) in [4.78, 5) is 71.8. The minimum absolute atomic E-state index is 0.105. The molecule has 6 atom stereocenters. The van der Waals surface area contributed by atoms with Crippen molar-refractivity contribution in [2.75, 3.05) is 39.6 Å². The lowest BCUT2D eigenvalue weighted by molar-refractivity contribution is -0.161. The fourth-order valence-corrected chi connectivity index (χ4v) is 10.6. The van der Waals surface area contributed by atoms with E-state index in [-0.39, 0.29) is 25.7 Å². The zero-order valence-corrected chi connectivity index (χ0v) is 53.0. The lowest BCUT2D eigenvalue weighted by atomic mass is 10.00. The van der Waals surface area contributed by atoms with Crippen molar-refractivity contribution in [3.63, 3.8) is 0 Å². The molecule has 0 aliphatic carbocycles. The van der Waals surface area contributed by atoms with Crippen LogP contribution in [0.1, 0.15) is 304 Å². The van der Waals surface area contributed by atoms with Gasteiger partial charge < -0.3 is 33.8 Å². The Hall–Kier alpha value is -1.94. The molecule has 0 saturated carbocycles. The van der Waals surface area contributed by atoms with E-state index < -0.39 is 97.5 Å². The number of ether oxygens (including phenoxy) is 4. The van der Waals surface area contributed by atoms with Gasteiger partial charge in [0, 0.05) is 25.7 Å². The van der Waals surface area contributed by atoms with Gasteiger partial charge >= 0.3 is 39.5 Å². The Morgan fingerprint density at radius 1 is 0.350 bits per heavy atom. The monoisotopic (exact) mass is 1180 g/mol. The van der Waals surface area contributed by atoms with Crippen LogP contribution < -0.4 is 0 Å². The van der Waals surface area contributed by atoms with Crippen LogP contribution in [0.2, 0.25) is 0 Å². The summed E-state index contributed by atoms with van der Waals surface area (Å²) in [5.74, 6) is -1.42. The number of unbranched alkanes of at least 4 members (excludes halogenated alkanes) is 32. The van der Waals surface area contributed by atoms with E-state index in [9.17, 15) is 43.2 Å². The van der Waals surface area contributed by atoms with E-state index in [0.29, 0.717) is 25.7 Å². The summed E-state index contributed by atoms with van der Waals surface area (Å²) in [5.41, 5.74) is 0. The fourth-order valence-electron chi connectivity index (χ4n) is 9.02. The van der Waals surface area contributed by atoms with Crippen LogP contribution in [-0.4, -0.2) is 96.7 Å². The summed E-state index contributed by atoms with van der Waals surface area (Å²) in [6, 6.07) is 0. The molecule has 0 aliphatic rings. The second-order valence-corrected chi connectivity index (χ2v) is 25.2. The van der Waals surface area contributed by atoms with Gasteiger partial charge in [0.2, 0.25) is 0 Å². The Balaban J connectivity index is 5.16. The van der Waals surface area contributed by atoms with Crippen LogP contribution in [0.15, 0.2) is 0 Å². The van der Waals surface area contributed by atoms with Crippen molar-refractivity contribution in [1.29, 1.82) is 0 Å². The number of aliphatic hydroxyl groups excluding tert-OH is 1. The second-order valence-electron chi connectivity index (χ2n) is 22.3. The molecule has 0 aromatic heterocycles. The fraction of sp³-hybridized carbons (Fsp3) is 0.934. The van der Waals surface area contributed by atoms with Gasteiger partial charge in [-0.2, -0.15) is 0 Å². The van der Waals surface area contributed by atoms with Crippen molar-refractivity contribution < 1.29 is 80.2 Å². The third-order valence-corrected chi connectivity index (χ3v) is 16.3. The number of phosphoric acid groups is 2. The maximum Gasteiger partial charge on any atom is 0.472 e. The van der Waals surface area contributed by atoms with Gasteiger partial charge in [-0.15, -0.1) is 0 Å². The molecule has 17 nitrogen and oxygen atoms in total. The Bertz CT molecular complexity index is 1570. The van der Waals surface area contributed by atoms with Crippen molar-refractivity contribution in [1.82, 2.24) is 0 Å². The van der Waals surface area contributed by atoms with E-state index in [4.69, 9.17) is 37.0 Å². The molecule has 0 saturated heterocycles. The predicted octanol–water partition coefficient (Wildman–Crippen LogP) is 16.6. The number of hydrogen-bond acceptors (Lipinski definition) is 15. The van der Waals surface area contributed by atoms with Gasteiger partial charge in [0.25, 0.3) is 0 Å². The lowest BCUT2D eigenvalue weighted by Crippen LogP contribution is -2.30. The smallest absolute Gasteiger partial charge is 0.462 e. The van der Waals surface area contributed by atoms with Crippen LogP contribution in [-0.2, 0) is 65.4 Å². The molecular formula is C61H118O17P2. The number of carbonyl (C=O) groups excluding carboxylic acids is 4. The number of aliphatic hydroxyl groups is 1. The molecule has 0 spiro atoms. The lowest BCUT2D eigenvalue weighted by Gasteiger charge is -2.21. The summed E-state index contributed by atoms with van der Waals surface area (Å²) in [6.07, 6.45) is 38.0. The predicted molar refractivity (Wildman–Crippen MR) is 317 cm³/mol. The van der Waals surface area contributed by atoms with Crippen molar-refractivity contribution in [3.05, 3.63) is 0 Å². The number of hydrogen-bond donors (Lipinski definition) is 3. The molecule has 0 bridgehead atoms. The first-order chi connectivity index (χ1) is 38.6. The summed E-state index contributed by atoms with van der Waals surface area (Å²) >= 11 is 0. The number of rotatable bonds is 61. The molecule has 0 aromatic carbocycles. The third kappa shape index (κ3) is 54.0. The number of esters is 4. The Morgan fingerprint density at radius 2 is 0.600 bits per heavy atom. The normalized spacial score (nSPS) is 14.7. The van der Waals surface area contributed by atoms with Crippen molar-refractivity contribution in [2.24, 2.45) is 5.92 Å². The van der Waals surface area contributed by atoms with Crippen LogP contribution in [0.3, 0.4) is 0 Å². The van der Waals surface area contributed by atoms with Crippen LogP contribution in [0.4, 0.5) is 0 Å². The van der Waals surface area contributed by atoms with Gasteiger partial charge in [0.15, 0.2) is 12.2 Å². The van der Waals surface area contributed by atoms with Gasteiger partial charge in [0.05, 0.1) is 26.4 Å². The van der Waals surface area contributed by atoms with E-state index in [1.165, 1.54) is 116 Å². The van der Waals surface area contributed by atoms with E-state index in [1.807, 2.05) is 0 Å². The summed E-state index contributed by atoms with van der Waals surface area (Å²) in [6.45, 7) is 7.03. The standard InChI is InChI=1S/C61H118O17P2/c1-6-10-13-16-18-20-21-22-23-24-25-26-28-30-37-42-47-61(66)78-57(51-72-59(64)45-40-35-32-31-34-38-43-54(5)9-4)53-76-80(69,70)74-49-55(62)48-73-79(67,68)75-52-56(50-71-58(63)44-39-33-15-12-8-3)77-60(65)46-41-36-29-27-19-17-14-11-7-2/h54-57,62H,6-53H2,1-5H3,(H,67,68)(H,69,70)/t54?,55-,56+,57+/m0/s1. The van der Waals surface area contributed by atoms with E-state index in [2.05, 4.69) is 34.6 Å². The Morgan fingerprint density at radius 3 is 0.887 bits per heavy atom. The highest BCUT2D eigenvalue weighted by Gasteiger charge is 2.30. The molecule has 0 radical (unpaired) electrons. The molecule has 0 aliphatic heterocycles. The minimum Gasteiger partial charge on any atom is -0.462 e. The van der Waals surface area contributed by atoms with Crippen LogP contribution in [0.25, 0.3) is 0 Å². The first-order valence-corrected chi connectivity index (χ1v) is 35.2. The quantitative estimate of drug-likeness (QED) is 0.0222. The molecular weight excluding hydrogens is 1070 g/mol. The zero-order valence-electron chi connectivity index (χ0n) is 51.2. The molecule has 3 unspecified atom stereocenters. The maximum absolute atomic E-state index is 12.9. The first-order valence-electron chi connectivity index (χ1n) is 32.2. The minimum atomic E-state index is -4.94. The van der Waals surface area contributed by atoms with Gasteiger partial charge in [-0.3, -0.25) is 37.3 Å². The van der Waals surface area contributed by atoms with Gasteiger partial charge in [-0.1, -0.05) is 253 Å². The third-order valence-electron chi connectivity index (χ3n) is 14.4. The average Bonchev–Trinajstić information content (AvgIpc) is 3.43. The van der Waals surface area contributed by atoms with Crippen LogP contribution in [0.5, 0.6) is 0 Å². The highest BCUT2D eigenvalue weighted by Crippen LogP contribution is 2.45. The molecule has 0 rings (SSSR count). The van der Waals surface area contributed by atoms with Crippen LogP contribution >= 0.6 is 15.6 Å². The molecule has 0 aromatic rings. The number of phosphoric ester groups is 2. The van der Waals surface area contributed by atoms with Gasteiger partial charge in [0.1, 0.15) is 19.3 Å². The van der Waals surface area contributed by atoms with Crippen molar-refractivity contribution >= 4 is 39.5 Å². The molecule has 0 heterocycles. The largest absolute Gasteiger partial charge is 0.472 e. The van der Waals surface area contributed by atoms with Crippen molar-refractivity contribution in [2.45, 2.75) is 323 Å². The molecule has 80 heavy (non-hydrogen) atoms. The maximum atomic E-state index is 12.9. The highest BCUT2D eigenvalue weighted by atomic mass is 31.2. The molecule has 19 heteroatoms. The summed E-state index contributed by atoms with van der Waals surface area (Å²) in [7, 11) is -9.87. The van der Waals surface area contributed by atoms with E-state index >= 15 is 0 Å². The van der Waals surface area contributed by atoms with E-state index in [0.717, 1.165) is 109 Å². The summed E-state index contributed by atoms with van der Waals surface area (Å²) < 4.78 is 67.6. The van der Waals surface area contributed by atoms with Crippen molar-refractivity contribution in [3.8, 4) is 0 Å². The summed E-state index contributed by atoms with van der Waals surface area (Å²) in [5, 5.41) is 10.5. The second kappa shape index (κ2) is 55.0. The first kappa shape index (κ1) is 78.1. The average molecular weight is 1190 g/mol. The molecule has 0 amide bonds. The molecule has 474 valence electrons. The Kier molecular flexibility index (Phi) is 53.6. The van der Waals surface area contributed by atoms with Gasteiger partial charge in [-0.05, 0) is 31.6 Å².